The van der Waals surface area contributed by atoms with Crippen LogP contribution in [0, 0.1) is 0 Å². The second kappa shape index (κ2) is 13.1. The molecule has 0 radical (unpaired) electrons. The smallest absolute Gasteiger partial charge is 0.180 e. The van der Waals surface area contributed by atoms with Crippen molar-refractivity contribution in [3.63, 3.8) is 0 Å². The molecule has 0 spiro atoms. The Hall–Kier alpha value is -6.83. The number of hydrogen-bond acceptors (Lipinski definition) is 1. The van der Waals surface area contributed by atoms with Gasteiger partial charge >= 0.3 is 0 Å². The maximum absolute atomic E-state index is 16.4. The van der Waals surface area contributed by atoms with Gasteiger partial charge in [0.15, 0.2) is 15.2 Å². The van der Waals surface area contributed by atoms with E-state index in [4.69, 9.17) is 0 Å². The first-order valence-corrected chi connectivity index (χ1v) is 24.1. The van der Waals surface area contributed by atoms with E-state index in [-0.39, 0.29) is 0 Å². The first kappa shape index (κ1) is 34.2. The molecule has 0 aliphatic carbocycles. The van der Waals surface area contributed by atoms with E-state index in [1.165, 1.54) is 58.8 Å². The van der Waals surface area contributed by atoms with Gasteiger partial charge in [-0.2, -0.15) is 0 Å². The van der Waals surface area contributed by atoms with Crippen LogP contribution in [0.2, 0.25) is 0 Å². The van der Waals surface area contributed by atoms with E-state index in [1.807, 2.05) is 0 Å². The molecule has 0 N–H and O–H groups in total. The molecule has 0 saturated heterocycles. The average Bonchev–Trinajstić information content (AvgIpc) is 3.61. The Morgan fingerprint density at radius 1 is 0.288 bits per heavy atom. The van der Waals surface area contributed by atoms with Crippen LogP contribution in [0.5, 0.6) is 0 Å². The van der Waals surface area contributed by atoms with Gasteiger partial charge < -0.3 is 4.57 Å². The SMILES string of the molecule is O=P(c1ccc2ccccc2c1)(c1ccc2ccccc2c1)c1ccc2c(c1)c1ccccc1c1cc3c(cc21)[Si](c1ccccc1)(c1ccccc1)c1ccccc1-3. The zero-order valence-electron chi connectivity index (χ0n) is 32.2. The highest BCUT2D eigenvalue weighted by atomic mass is 31.2. The van der Waals surface area contributed by atoms with E-state index < -0.39 is 15.2 Å². The van der Waals surface area contributed by atoms with Crippen molar-refractivity contribution in [2.24, 2.45) is 0 Å². The largest absolute Gasteiger partial charge is 0.309 e. The summed E-state index contributed by atoms with van der Waals surface area (Å²) in [5.41, 5.74) is 2.65. The third kappa shape index (κ3) is 4.94. The molecule has 276 valence electrons. The van der Waals surface area contributed by atoms with Gasteiger partial charge in [-0.05, 0) is 110 Å². The van der Waals surface area contributed by atoms with Gasteiger partial charge in [0.25, 0.3) is 0 Å². The Balaban J connectivity index is 1.17. The van der Waals surface area contributed by atoms with E-state index in [0.29, 0.717) is 0 Å². The van der Waals surface area contributed by atoms with Crippen LogP contribution in [0.25, 0.3) is 65.0 Å². The topological polar surface area (TPSA) is 17.1 Å². The van der Waals surface area contributed by atoms with Gasteiger partial charge in [-0.25, -0.2) is 0 Å². The summed E-state index contributed by atoms with van der Waals surface area (Å²) in [4.78, 5) is 0. The molecule has 59 heavy (non-hydrogen) atoms. The van der Waals surface area contributed by atoms with Crippen LogP contribution in [0.15, 0.2) is 224 Å². The highest BCUT2D eigenvalue weighted by Gasteiger charge is 2.48. The summed E-state index contributed by atoms with van der Waals surface area (Å²) < 4.78 is 16.4. The third-order valence-electron chi connectivity index (χ3n) is 13.0. The van der Waals surface area contributed by atoms with Gasteiger partial charge in [-0.15, -0.1) is 0 Å². The van der Waals surface area contributed by atoms with Crippen LogP contribution in [0.1, 0.15) is 0 Å². The molecule has 0 atom stereocenters. The molecule has 0 unspecified atom stereocenters. The lowest BCUT2D eigenvalue weighted by Crippen LogP contribution is -2.72. The Kier molecular flexibility index (Phi) is 7.60. The lowest BCUT2D eigenvalue weighted by Gasteiger charge is -2.31. The Bertz CT molecular complexity index is 3420. The summed E-state index contributed by atoms with van der Waals surface area (Å²) in [7, 11) is -6.09. The minimum Gasteiger partial charge on any atom is -0.309 e. The lowest BCUT2D eigenvalue weighted by molar-refractivity contribution is 0.592. The molecular weight excluding hydrogens is 748 g/mol. The zero-order valence-corrected chi connectivity index (χ0v) is 34.1. The summed E-state index contributed by atoms with van der Waals surface area (Å²) in [5, 5.41) is 19.7. The van der Waals surface area contributed by atoms with Gasteiger partial charge in [0.05, 0.1) is 0 Å². The predicted octanol–water partition coefficient (Wildman–Crippen LogP) is 10.4. The summed E-state index contributed by atoms with van der Waals surface area (Å²) in [6, 6.07) is 81.4. The molecule has 0 saturated carbocycles. The van der Waals surface area contributed by atoms with Crippen molar-refractivity contribution in [2.75, 3.05) is 0 Å². The van der Waals surface area contributed by atoms with Crippen molar-refractivity contribution >= 4 is 106 Å². The van der Waals surface area contributed by atoms with Gasteiger partial charge in [-0.1, -0.05) is 200 Å². The van der Waals surface area contributed by atoms with Crippen molar-refractivity contribution < 1.29 is 4.57 Å². The standard InChI is InChI=1S/C56H37OPSi/c57-58(42-29-27-38-15-7-9-17-40(38)33-42,43-30-28-39-16-8-10-18-41(39)34-43)44-31-32-49-51(35-44)47-23-11-12-24-48(47)52-36-54-50-25-13-14-26-55(50)59(56(54)37-53(49)52,45-19-3-1-4-20-45)46-21-5-2-6-22-46/h1-37H. The monoisotopic (exact) mass is 784 g/mol. The van der Waals surface area contributed by atoms with Crippen LogP contribution in [0.4, 0.5) is 0 Å². The molecule has 1 heterocycles. The summed E-state index contributed by atoms with van der Waals surface area (Å²) in [6.07, 6.45) is 0. The quantitative estimate of drug-likeness (QED) is 0.0965. The number of hydrogen-bond donors (Lipinski definition) is 0. The maximum Gasteiger partial charge on any atom is 0.180 e. The molecule has 1 aliphatic rings. The molecule has 11 aromatic rings. The van der Waals surface area contributed by atoms with E-state index in [0.717, 1.165) is 42.8 Å². The van der Waals surface area contributed by atoms with Crippen LogP contribution < -0.4 is 36.7 Å². The minimum atomic E-state index is -3.37. The maximum atomic E-state index is 16.4. The number of rotatable bonds is 5. The predicted molar refractivity (Wildman–Crippen MR) is 256 cm³/mol. The number of benzene rings is 11. The molecule has 11 aromatic carbocycles. The van der Waals surface area contributed by atoms with Crippen LogP contribution in [-0.4, -0.2) is 8.07 Å². The molecule has 0 bridgehead atoms. The Morgan fingerprint density at radius 3 is 1.34 bits per heavy atom. The Labute approximate surface area is 344 Å². The highest BCUT2D eigenvalue weighted by Crippen LogP contribution is 2.46. The lowest BCUT2D eigenvalue weighted by atomic mass is 9.92. The van der Waals surface area contributed by atoms with Crippen LogP contribution in [0.3, 0.4) is 0 Å². The van der Waals surface area contributed by atoms with Crippen LogP contribution in [-0.2, 0) is 4.57 Å². The average molecular weight is 785 g/mol. The molecule has 1 nitrogen and oxygen atoms in total. The van der Waals surface area contributed by atoms with Crippen molar-refractivity contribution in [3.05, 3.63) is 224 Å². The molecule has 12 rings (SSSR count). The van der Waals surface area contributed by atoms with Crippen LogP contribution >= 0.6 is 7.14 Å². The molecule has 1 aliphatic heterocycles. The van der Waals surface area contributed by atoms with Gasteiger partial charge in [0.1, 0.15) is 0 Å². The van der Waals surface area contributed by atoms with E-state index in [9.17, 15) is 0 Å². The molecular formula is C56H37OPSi. The highest BCUT2D eigenvalue weighted by molar-refractivity contribution is 7.85. The van der Waals surface area contributed by atoms with Crippen molar-refractivity contribution in [1.29, 1.82) is 0 Å². The summed E-state index contributed by atoms with van der Waals surface area (Å²) in [5.74, 6) is 0. The van der Waals surface area contributed by atoms with E-state index in [2.05, 4.69) is 224 Å². The fourth-order valence-corrected chi connectivity index (χ4v) is 18.2. The molecule has 0 amide bonds. The van der Waals surface area contributed by atoms with Gasteiger partial charge in [0, 0.05) is 15.9 Å². The van der Waals surface area contributed by atoms with Crippen molar-refractivity contribution in [1.82, 2.24) is 0 Å². The summed E-state index contributed by atoms with van der Waals surface area (Å²) in [6.45, 7) is 0. The first-order valence-electron chi connectivity index (χ1n) is 20.4. The molecule has 0 aromatic heterocycles. The summed E-state index contributed by atoms with van der Waals surface area (Å²) >= 11 is 0. The fraction of sp³-hybridized carbons (Fsp3) is 0. The second-order valence-corrected chi connectivity index (χ2v) is 22.4. The second-order valence-electron chi connectivity index (χ2n) is 15.9. The van der Waals surface area contributed by atoms with E-state index in [1.54, 1.807) is 0 Å². The van der Waals surface area contributed by atoms with Crippen molar-refractivity contribution in [2.45, 2.75) is 0 Å². The Morgan fingerprint density at radius 2 is 0.729 bits per heavy atom. The van der Waals surface area contributed by atoms with E-state index >= 15 is 4.57 Å². The first-order chi connectivity index (χ1) is 29.1. The van der Waals surface area contributed by atoms with Gasteiger partial charge in [0.2, 0.25) is 0 Å². The molecule has 0 fully saturated rings. The zero-order chi connectivity index (χ0) is 39.1. The van der Waals surface area contributed by atoms with Gasteiger partial charge in [-0.3, -0.25) is 0 Å². The van der Waals surface area contributed by atoms with Crippen molar-refractivity contribution in [3.8, 4) is 11.1 Å². The minimum absolute atomic E-state index is 0.839. The fourth-order valence-electron chi connectivity index (χ4n) is 10.3. The number of fused-ring (bicyclic) bond motifs is 11. The third-order valence-corrected chi connectivity index (χ3v) is 20.8. The normalized spacial score (nSPS) is 13.3. The molecule has 3 heteroatoms.